The maximum absolute atomic E-state index is 5.18. The lowest BCUT2D eigenvalue weighted by Crippen LogP contribution is -1.92. The fourth-order valence-electron chi connectivity index (χ4n) is 0.770. The molecule has 0 amide bonds. The van der Waals surface area contributed by atoms with Crippen molar-refractivity contribution in [2.75, 3.05) is 0 Å². The molecule has 2 aromatic heterocycles. The Labute approximate surface area is 74.5 Å². The van der Waals surface area contributed by atoms with Gasteiger partial charge < -0.3 is 4.74 Å². The topological polar surface area (TPSA) is 60.8 Å². The summed E-state index contributed by atoms with van der Waals surface area (Å²) in [5, 5.41) is 0. The molecular weight excluding hydrogens is 168 g/mol. The smallest absolute Gasteiger partial charge is 0.323 e. The molecule has 0 saturated carbocycles. The van der Waals surface area contributed by atoms with Crippen LogP contribution in [0.4, 0.5) is 0 Å². The number of aromatic nitrogens is 4. The maximum atomic E-state index is 5.18. The highest BCUT2D eigenvalue weighted by atomic mass is 16.5. The molecule has 0 unspecified atom stereocenters. The molecule has 5 heteroatoms. The Morgan fingerprint density at radius 1 is 0.923 bits per heavy atom. The molecule has 0 radical (unpaired) electrons. The Morgan fingerprint density at radius 3 is 2.46 bits per heavy atom. The quantitative estimate of drug-likeness (QED) is 0.681. The van der Waals surface area contributed by atoms with E-state index in [0.717, 1.165) is 0 Å². The molecule has 0 spiro atoms. The van der Waals surface area contributed by atoms with Gasteiger partial charge in [0, 0.05) is 24.8 Å². The van der Waals surface area contributed by atoms with E-state index in [2.05, 4.69) is 19.9 Å². The van der Waals surface area contributed by atoms with Gasteiger partial charge in [0.05, 0.1) is 6.20 Å². The van der Waals surface area contributed by atoms with Crippen LogP contribution in [0.25, 0.3) is 0 Å². The van der Waals surface area contributed by atoms with Gasteiger partial charge in [0.15, 0.2) is 0 Å². The van der Waals surface area contributed by atoms with Crippen molar-refractivity contribution >= 4 is 0 Å². The number of nitrogens with zero attached hydrogens (tertiary/aromatic N) is 4. The number of rotatable bonds is 2. The van der Waals surface area contributed by atoms with E-state index >= 15 is 0 Å². The standard InChI is InChI=1S/C8H6N4O/c1-2-11-8(12-3-1)13-7-6-9-4-5-10-7/h1-6H. The summed E-state index contributed by atoms with van der Waals surface area (Å²) in [6, 6.07) is 1.98. The summed E-state index contributed by atoms with van der Waals surface area (Å²) < 4.78 is 5.18. The highest BCUT2D eigenvalue weighted by Gasteiger charge is 1.97. The molecule has 64 valence electrons. The van der Waals surface area contributed by atoms with Crippen molar-refractivity contribution in [3.63, 3.8) is 0 Å². The van der Waals surface area contributed by atoms with E-state index < -0.39 is 0 Å². The summed E-state index contributed by atoms with van der Waals surface area (Å²) in [6.07, 6.45) is 7.80. The lowest BCUT2D eigenvalue weighted by Gasteiger charge is -1.99. The van der Waals surface area contributed by atoms with Crippen LogP contribution in [0.5, 0.6) is 11.9 Å². The van der Waals surface area contributed by atoms with E-state index in [0.29, 0.717) is 5.88 Å². The minimum absolute atomic E-state index is 0.267. The summed E-state index contributed by atoms with van der Waals surface area (Å²) in [5.74, 6) is 0.383. The van der Waals surface area contributed by atoms with Crippen LogP contribution in [0.3, 0.4) is 0 Å². The van der Waals surface area contributed by atoms with E-state index in [1.54, 1.807) is 24.7 Å². The molecule has 2 heterocycles. The van der Waals surface area contributed by atoms with Gasteiger partial charge in [-0.15, -0.1) is 0 Å². The monoisotopic (exact) mass is 174 g/mol. The molecule has 0 fully saturated rings. The molecule has 0 aromatic carbocycles. The first-order valence-corrected chi connectivity index (χ1v) is 3.66. The fraction of sp³-hybridized carbons (Fsp3) is 0. The minimum atomic E-state index is 0.267. The van der Waals surface area contributed by atoms with Crippen molar-refractivity contribution in [3.8, 4) is 11.9 Å². The van der Waals surface area contributed by atoms with Gasteiger partial charge in [0.25, 0.3) is 0 Å². The second kappa shape index (κ2) is 3.57. The minimum Gasteiger partial charge on any atom is -0.404 e. The average Bonchev–Trinajstić information content (AvgIpc) is 2.21. The Morgan fingerprint density at radius 2 is 1.77 bits per heavy atom. The van der Waals surface area contributed by atoms with Gasteiger partial charge in [-0.25, -0.2) is 15.0 Å². The predicted molar refractivity (Wildman–Crippen MR) is 44.1 cm³/mol. The fourth-order valence-corrected chi connectivity index (χ4v) is 0.770. The van der Waals surface area contributed by atoms with Crippen molar-refractivity contribution in [1.29, 1.82) is 0 Å². The summed E-state index contributed by atoms with van der Waals surface area (Å²) in [7, 11) is 0. The number of ether oxygens (including phenoxy) is 1. The van der Waals surface area contributed by atoms with Gasteiger partial charge in [-0.3, -0.25) is 4.98 Å². The molecule has 0 bridgehead atoms. The molecular formula is C8H6N4O. The molecule has 0 atom stereocenters. The molecule has 0 saturated heterocycles. The first-order valence-electron chi connectivity index (χ1n) is 3.66. The molecule has 13 heavy (non-hydrogen) atoms. The van der Waals surface area contributed by atoms with Crippen LogP contribution in [-0.4, -0.2) is 19.9 Å². The Balaban J connectivity index is 2.16. The van der Waals surface area contributed by atoms with E-state index in [1.807, 2.05) is 0 Å². The predicted octanol–water partition coefficient (Wildman–Crippen LogP) is 1.06. The summed E-state index contributed by atoms with van der Waals surface area (Å²) in [5.41, 5.74) is 0. The largest absolute Gasteiger partial charge is 0.404 e. The van der Waals surface area contributed by atoms with Crippen molar-refractivity contribution in [3.05, 3.63) is 37.1 Å². The summed E-state index contributed by atoms with van der Waals surface area (Å²) >= 11 is 0. The number of hydrogen-bond acceptors (Lipinski definition) is 5. The molecule has 0 aliphatic rings. The van der Waals surface area contributed by atoms with Gasteiger partial charge in [-0.2, -0.15) is 0 Å². The molecule has 0 aliphatic carbocycles. The average molecular weight is 174 g/mol. The van der Waals surface area contributed by atoms with Crippen molar-refractivity contribution in [2.24, 2.45) is 0 Å². The van der Waals surface area contributed by atoms with Crippen LogP contribution in [0.2, 0.25) is 0 Å². The summed E-state index contributed by atoms with van der Waals surface area (Å²) in [6.45, 7) is 0. The Bertz CT molecular complexity index is 327. The highest BCUT2D eigenvalue weighted by molar-refractivity contribution is 5.08. The van der Waals surface area contributed by atoms with Gasteiger partial charge in [-0.1, -0.05) is 0 Å². The highest BCUT2D eigenvalue weighted by Crippen LogP contribution is 2.10. The number of hydrogen-bond donors (Lipinski definition) is 0. The van der Waals surface area contributed by atoms with Gasteiger partial charge in [-0.05, 0) is 6.07 Å². The molecule has 2 aromatic rings. The van der Waals surface area contributed by atoms with E-state index in [4.69, 9.17) is 4.74 Å². The Kier molecular flexibility index (Phi) is 2.09. The third-order valence-electron chi connectivity index (χ3n) is 1.28. The van der Waals surface area contributed by atoms with Crippen LogP contribution >= 0.6 is 0 Å². The van der Waals surface area contributed by atoms with E-state index in [1.165, 1.54) is 12.4 Å². The van der Waals surface area contributed by atoms with Crippen molar-refractivity contribution in [2.45, 2.75) is 0 Å². The first-order chi connectivity index (χ1) is 6.45. The summed E-state index contributed by atoms with van der Waals surface area (Å²) in [4.78, 5) is 15.5. The molecule has 5 nitrogen and oxygen atoms in total. The van der Waals surface area contributed by atoms with Crippen molar-refractivity contribution < 1.29 is 4.74 Å². The maximum Gasteiger partial charge on any atom is 0.323 e. The zero-order valence-corrected chi connectivity index (χ0v) is 6.66. The van der Waals surface area contributed by atoms with Gasteiger partial charge in [0.1, 0.15) is 0 Å². The lowest BCUT2D eigenvalue weighted by molar-refractivity contribution is 0.422. The van der Waals surface area contributed by atoms with Crippen molar-refractivity contribution in [1.82, 2.24) is 19.9 Å². The first kappa shape index (κ1) is 7.60. The van der Waals surface area contributed by atoms with Crippen LogP contribution in [0.1, 0.15) is 0 Å². The van der Waals surface area contributed by atoms with Crippen LogP contribution in [-0.2, 0) is 0 Å². The van der Waals surface area contributed by atoms with E-state index in [9.17, 15) is 0 Å². The Hall–Kier alpha value is -2.04. The second-order valence-electron chi connectivity index (χ2n) is 2.18. The molecule has 0 N–H and O–H groups in total. The molecule has 0 aliphatic heterocycles. The van der Waals surface area contributed by atoms with Crippen LogP contribution in [0.15, 0.2) is 37.1 Å². The van der Waals surface area contributed by atoms with Gasteiger partial charge in [0.2, 0.25) is 5.88 Å². The van der Waals surface area contributed by atoms with Crippen LogP contribution in [0, 0.1) is 0 Å². The van der Waals surface area contributed by atoms with Crippen LogP contribution < -0.4 is 4.74 Å². The second-order valence-corrected chi connectivity index (χ2v) is 2.18. The molecule has 2 rings (SSSR count). The third-order valence-corrected chi connectivity index (χ3v) is 1.28. The lowest BCUT2D eigenvalue weighted by atomic mass is 10.7. The van der Waals surface area contributed by atoms with E-state index in [-0.39, 0.29) is 6.01 Å². The zero-order chi connectivity index (χ0) is 8.93. The third kappa shape index (κ3) is 1.96. The van der Waals surface area contributed by atoms with Gasteiger partial charge >= 0.3 is 6.01 Å². The normalized spacial score (nSPS) is 9.54. The SMILES string of the molecule is c1cnc(Oc2cnccn2)nc1. The zero-order valence-electron chi connectivity index (χ0n) is 6.66.